The molecule has 2 aliphatic heterocycles. The second kappa shape index (κ2) is 6.16. The van der Waals surface area contributed by atoms with Crippen molar-refractivity contribution in [1.82, 2.24) is 10.2 Å². The number of fused-ring (bicyclic) bond motifs is 2. The fourth-order valence-corrected chi connectivity index (χ4v) is 3.94. The first-order valence-corrected chi connectivity index (χ1v) is 7.91. The van der Waals surface area contributed by atoms with E-state index in [2.05, 4.69) is 17.3 Å². The van der Waals surface area contributed by atoms with E-state index in [4.69, 9.17) is 0 Å². The van der Waals surface area contributed by atoms with Gasteiger partial charge in [-0.25, -0.2) is 0 Å². The molecule has 0 amide bonds. The van der Waals surface area contributed by atoms with Crippen molar-refractivity contribution in [3.63, 3.8) is 0 Å². The molecule has 114 valence electrons. The predicted molar refractivity (Wildman–Crippen MR) is 82.2 cm³/mol. The number of hydrogen-bond donors (Lipinski definition) is 2. The summed E-state index contributed by atoms with van der Waals surface area (Å²) in [6.07, 6.45) is 5.92. The van der Waals surface area contributed by atoms with E-state index in [0.29, 0.717) is 18.1 Å². The summed E-state index contributed by atoms with van der Waals surface area (Å²) in [5.41, 5.74) is 0.842. The van der Waals surface area contributed by atoms with E-state index in [9.17, 15) is 9.90 Å². The van der Waals surface area contributed by atoms with Gasteiger partial charge < -0.3 is 10.0 Å². The summed E-state index contributed by atoms with van der Waals surface area (Å²) >= 11 is 0. The van der Waals surface area contributed by atoms with Crippen molar-refractivity contribution in [1.29, 1.82) is 0 Å². The van der Waals surface area contributed by atoms with Gasteiger partial charge in [-0.2, -0.15) is 0 Å². The van der Waals surface area contributed by atoms with Gasteiger partial charge in [0.15, 0.2) is 0 Å². The quantitative estimate of drug-likeness (QED) is 0.893. The van der Waals surface area contributed by atoms with E-state index in [1.807, 2.05) is 30.3 Å². The number of benzene rings is 1. The van der Waals surface area contributed by atoms with E-state index < -0.39 is 12.0 Å². The highest BCUT2D eigenvalue weighted by Gasteiger charge is 2.37. The highest BCUT2D eigenvalue weighted by molar-refractivity contribution is 5.75. The number of rotatable bonds is 4. The average molecular weight is 288 g/mol. The summed E-state index contributed by atoms with van der Waals surface area (Å²) in [4.78, 5) is 14.1. The number of nitrogens with one attached hydrogen (secondary N) is 1. The van der Waals surface area contributed by atoms with Gasteiger partial charge in [-0.05, 0) is 38.3 Å². The van der Waals surface area contributed by atoms with Gasteiger partial charge >= 0.3 is 5.97 Å². The van der Waals surface area contributed by atoms with E-state index in [-0.39, 0.29) is 0 Å². The average Bonchev–Trinajstić information content (AvgIpc) is 2.46. The Hall–Kier alpha value is -1.39. The molecule has 2 fully saturated rings. The Balaban J connectivity index is 1.71. The SMILES string of the molecule is CN1C2CCCC1CC(NC(C(=O)O)c1ccccc1)C2. The van der Waals surface area contributed by atoms with Crippen LogP contribution in [0.3, 0.4) is 0 Å². The van der Waals surface area contributed by atoms with Crippen LogP contribution < -0.4 is 5.32 Å². The highest BCUT2D eigenvalue weighted by Crippen LogP contribution is 2.33. The molecular formula is C17H24N2O2. The highest BCUT2D eigenvalue weighted by atomic mass is 16.4. The smallest absolute Gasteiger partial charge is 0.325 e. The molecule has 1 aromatic rings. The number of hydrogen-bond acceptors (Lipinski definition) is 3. The topological polar surface area (TPSA) is 52.6 Å². The first-order valence-electron chi connectivity index (χ1n) is 7.91. The Morgan fingerprint density at radius 3 is 2.43 bits per heavy atom. The van der Waals surface area contributed by atoms with Gasteiger partial charge in [0.05, 0.1) is 0 Å². The molecule has 1 aromatic carbocycles. The Bertz CT molecular complexity index is 477. The Morgan fingerprint density at radius 1 is 1.24 bits per heavy atom. The van der Waals surface area contributed by atoms with Crippen LogP contribution >= 0.6 is 0 Å². The normalized spacial score (nSPS) is 30.8. The zero-order chi connectivity index (χ0) is 14.8. The molecule has 3 atom stereocenters. The third kappa shape index (κ3) is 3.11. The first-order chi connectivity index (χ1) is 10.1. The molecule has 2 heterocycles. The molecule has 0 saturated carbocycles. The molecule has 2 aliphatic rings. The second-order valence-corrected chi connectivity index (χ2v) is 6.42. The van der Waals surface area contributed by atoms with Gasteiger partial charge in [0.25, 0.3) is 0 Å². The fourth-order valence-electron chi connectivity index (χ4n) is 3.94. The zero-order valence-electron chi connectivity index (χ0n) is 12.5. The summed E-state index contributed by atoms with van der Waals surface area (Å²) in [5.74, 6) is -0.787. The maximum absolute atomic E-state index is 11.6. The maximum atomic E-state index is 11.6. The first kappa shape index (κ1) is 14.5. The van der Waals surface area contributed by atoms with Crippen molar-refractivity contribution in [3.05, 3.63) is 35.9 Å². The molecule has 0 spiro atoms. The second-order valence-electron chi connectivity index (χ2n) is 6.42. The Morgan fingerprint density at radius 2 is 1.86 bits per heavy atom. The molecule has 3 rings (SSSR count). The van der Waals surface area contributed by atoms with Crippen LogP contribution in [0, 0.1) is 0 Å². The lowest BCUT2D eigenvalue weighted by Crippen LogP contribution is -2.55. The lowest BCUT2D eigenvalue weighted by molar-refractivity contribution is -0.140. The van der Waals surface area contributed by atoms with Gasteiger partial charge in [0.2, 0.25) is 0 Å². The molecule has 3 unspecified atom stereocenters. The zero-order valence-corrected chi connectivity index (χ0v) is 12.5. The lowest BCUT2D eigenvalue weighted by Gasteiger charge is -2.47. The van der Waals surface area contributed by atoms with Crippen LogP contribution in [0.5, 0.6) is 0 Å². The van der Waals surface area contributed by atoms with Crippen LogP contribution in [-0.4, -0.2) is 41.1 Å². The van der Waals surface area contributed by atoms with Crippen molar-refractivity contribution in [2.75, 3.05) is 7.05 Å². The molecule has 0 aromatic heterocycles. The van der Waals surface area contributed by atoms with Gasteiger partial charge in [0.1, 0.15) is 6.04 Å². The third-order valence-corrected chi connectivity index (χ3v) is 5.12. The van der Waals surface area contributed by atoms with Crippen LogP contribution in [0.25, 0.3) is 0 Å². The van der Waals surface area contributed by atoms with Crippen molar-refractivity contribution < 1.29 is 9.90 Å². The van der Waals surface area contributed by atoms with Crippen molar-refractivity contribution in [3.8, 4) is 0 Å². The number of carboxylic acid groups (broad SMARTS) is 1. The number of carboxylic acids is 1. The number of nitrogens with zero attached hydrogens (tertiary/aromatic N) is 1. The van der Waals surface area contributed by atoms with Crippen molar-refractivity contribution in [2.45, 2.75) is 56.3 Å². The summed E-state index contributed by atoms with van der Waals surface area (Å²) in [7, 11) is 2.22. The van der Waals surface area contributed by atoms with Crippen LogP contribution in [0.2, 0.25) is 0 Å². The van der Waals surface area contributed by atoms with Gasteiger partial charge in [-0.15, -0.1) is 0 Å². The monoisotopic (exact) mass is 288 g/mol. The summed E-state index contributed by atoms with van der Waals surface area (Å²) < 4.78 is 0. The Labute approximate surface area is 126 Å². The van der Waals surface area contributed by atoms with E-state index in [1.165, 1.54) is 19.3 Å². The minimum atomic E-state index is -0.787. The van der Waals surface area contributed by atoms with Crippen molar-refractivity contribution in [2.24, 2.45) is 0 Å². The minimum absolute atomic E-state index is 0.304. The van der Waals surface area contributed by atoms with E-state index in [0.717, 1.165) is 18.4 Å². The third-order valence-electron chi connectivity index (χ3n) is 5.12. The van der Waals surface area contributed by atoms with Gasteiger partial charge in [0, 0.05) is 18.1 Å². The molecule has 4 heteroatoms. The molecule has 2 saturated heterocycles. The van der Waals surface area contributed by atoms with Crippen LogP contribution in [-0.2, 0) is 4.79 Å². The molecule has 0 aliphatic carbocycles. The van der Waals surface area contributed by atoms with Crippen LogP contribution in [0.15, 0.2) is 30.3 Å². The molecule has 4 nitrogen and oxygen atoms in total. The minimum Gasteiger partial charge on any atom is -0.480 e. The largest absolute Gasteiger partial charge is 0.480 e. The standard InChI is InChI=1S/C17H24N2O2/c1-19-14-8-5-9-15(19)11-13(10-14)18-16(17(20)21)12-6-3-2-4-7-12/h2-4,6-7,13-16,18H,5,8-11H2,1H3,(H,20,21). The number of piperidine rings is 2. The molecule has 2 bridgehead atoms. The van der Waals surface area contributed by atoms with Crippen molar-refractivity contribution >= 4 is 5.97 Å². The summed E-state index contributed by atoms with van der Waals surface area (Å²) in [6.45, 7) is 0. The lowest BCUT2D eigenvalue weighted by atomic mass is 9.82. The molecule has 21 heavy (non-hydrogen) atoms. The predicted octanol–water partition coefficient (Wildman–Crippen LogP) is 2.42. The maximum Gasteiger partial charge on any atom is 0.325 e. The molecular weight excluding hydrogens is 264 g/mol. The number of aliphatic carboxylic acids is 1. The Kier molecular flexibility index (Phi) is 4.27. The number of carbonyl (C=O) groups is 1. The van der Waals surface area contributed by atoms with Crippen LogP contribution in [0.4, 0.5) is 0 Å². The van der Waals surface area contributed by atoms with Crippen LogP contribution in [0.1, 0.15) is 43.7 Å². The van der Waals surface area contributed by atoms with E-state index in [1.54, 1.807) is 0 Å². The molecule has 0 radical (unpaired) electrons. The van der Waals surface area contributed by atoms with Gasteiger partial charge in [-0.1, -0.05) is 36.8 Å². The van der Waals surface area contributed by atoms with Gasteiger partial charge in [-0.3, -0.25) is 10.1 Å². The van der Waals surface area contributed by atoms with E-state index >= 15 is 0 Å². The summed E-state index contributed by atoms with van der Waals surface area (Å²) in [6, 6.07) is 10.4. The summed E-state index contributed by atoms with van der Waals surface area (Å²) in [5, 5.41) is 12.9. The molecule has 2 N–H and O–H groups in total. The fraction of sp³-hybridized carbons (Fsp3) is 0.588.